The molecular formula is C10H12N4O. The molecule has 2 aromatic rings. The molecule has 0 saturated heterocycles. The van der Waals surface area contributed by atoms with Gasteiger partial charge >= 0.3 is 0 Å². The Balaban J connectivity index is 2.27. The molecule has 0 unspecified atom stereocenters. The van der Waals surface area contributed by atoms with E-state index in [1.165, 1.54) is 0 Å². The number of rotatable bonds is 3. The van der Waals surface area contributed by atoms with Crippen molar-refractivity contribution in [3.8, 4) is 17.1 Å². The van der Waals surface area contributed by atoms with Crippen LogP contribution in [0.2, 0.25) is 0 Å². The minimum absolute atomic E-state index is 0.158. The van der Waals surface area contributed by atoms with Gasteiger partial charge in [0, 0.05) is 5.56 Å². The molecule has 0 aliphatic rings. The van der Waals surface area contributed by atoms with Crippen LogP contribution >= 0.6 is 0 Å². The predicted octanol–water partition coefficient (Wildman–Crippen LogP) is 1.65. The van der Waals surface area contributed by atoms with E-state index in [0.717, 1.165) is 11.3 Å². The van der Waals surface area contributed by atoms with E-state index in [9.17, 15) is 0 Å². The highest BCUT2D eigenvalue weighted by atomic mass is 16.5. The van der Waals surface area contributed by atoms with Gasteiger partial charge in [-0.2, -0.15) is 5.21 Å². The lowest BCUT2D eigenvalue weighted by molar-refractivity contribution is 0.242. The van der Waals surface area contributed by atoms with Gasteiger partial charge in [0.2, 0.25) is 5.82 Å². The number of hydrogen-bond acceptors (Lipinski definition) is 4. The first-order valence-corrected chi connectivity index (χ1v) is 4.76. The molecule has 1 aromatic heterocycles. The summed E-state index contributed by atoms with van der Waals surface area (Å²) >= 11 is 0. The molecule has 0 atom stereocenters. The van der Waals surface area contributed by atoms with Crippen molar-refractivity contribution in [2.75, 3.05) is 0 Å². The van der Waals surface area contributed by atoms with Crippen LogP contribution in [0.1, 0.15) is 13.8 Å². The van der Waals surface area contributed by atoms with E-state index in [-0.39, 0.29) is 6.10 Å². The van der Waals surface area contributed by atoms with Crippen LogP contribution in [0.15, 0.2) is 24.3 Å². The first-order chi connectivity index (χ1) is 7.25. The van der Waals surface area contributed by atoms with Crippen molar-refractivity contribution in [1.29, 1.82) is 0 Å². The molecule has 15 heavy (non-hydrogen) atoms. The molecule has 0 bridgehead atoms. The van der Waals surface area contributed by atoms with Gasteiger partial charge in [-0.1, -0.05) is 12.1 Å². The molecule has 0 saturated carbocycles. The second-order valence-electron chi connectivity index (χ2n) is 3.43. The van der Waals surface area contributed by atoms with Crippen molar-refractivity contribution >= 4 is 0 Å². The number of H-pyrrole nitrogens is 1. The molecule has 5 heteroatoms. The van der Waals surface area contributed by atoms with Crippen LogP contribution in [-0.4, -0.2) is 26.7 Å². The van der Waals surface area contributed by atoms with Crippen LogP contribution in [-0.2, 0) is 0 Å². The Morgan fingerprint density at radius 3 is 2.87 bits per heavy atom. The molecule has 0 aliphatic carbocycles. The third-order valence-electron chi connectivity index (χ3n) is 1.81. The maximum absolute atomic E-state index is 5.57. The molecule has 0 amide bonds. The lowest BCUT2D eigenvalue weighted by Crippen LogP contribution is -2.05. The van der Waals surface area contributed by atoms with Gasteiger partial charge < -0.3 is 4.74 Å². The Morgan fingerprint density at radius 2 is 2.20 bits per heavy atom. The molecule has 1 N–H and O–H groups in total. The highest BCUT2D eigenvalue weighted by Crippen LogP contribution is 2.20. The van der Waals surface area contributed by atoms with Gasteiger partial charge in [0.25, 0.3) is 0 Å². The summed E-state index contributed by atoms with van der Waals surface area (Å²) in [6, 6.07) is 7.62. The highest BCUT2D eigenvalue weighted by Gasteiger charge is 2.04. The Kier molecular flexibility index (Phi) is 2.62. The molecule has 0 radical (unpaired) electrons. The molecule has 5 nitrogen and oxygen atoms in total. The summed E-state index contributed by atoms with van der Waals surface area (Å²) in [5.74, 6) is 1.39. The van der Waals surface area contributed by atoms with Crippen molar-refractivity contribution < 1.29 is 4.74 Å². The predicted molar refractivity (Wildman–Crippen MR) is 55.4 cm³/mol. The monoisotopic (exact) mass is 204 g/mol. The Bertz CT molecular complexity index is 425. The van der Waals surface area contributed by atoms with Crippen LogP contribution in [0, 0.1) is 0 Å². The van der Waals surface area contributed by atoms with Crippen LogP contribution < -0.4 is 4.74 Å². The third-order valence-corrected chi connectivity index (χ3v) is 1.81. The molecule has 0 spiro atoms. The second kappa shape index (κ2) is 4.08. The number of aromatic nitrogens is 4. The summed E-state index contributed by atoms with van der Waals surface area (Å²) in [4.78, 5) is 0. The van der Waals surface area contributed by atoms with Crippen molar-refractivity contribution in [3.63, 3.8) is 0 Å². The largest absolute Gasteiger partial charge is 0.491 e. The molecular weight excluding hydrogens is 192 g/mol. The van der Waals surface area contributed by atoms with Crippen LogP contribution in [0.5, 0.6) is 5.75 Å². The van der Waals surface area contributed by atoms with Gasteiger partial charge in [-0.3, -0.25) is 0 Å². The van der Waals surface area contributed by atoms with Crippen molar-refractivity contribution in [2.24, 2.45) is 0 Å². The molecule has 2 rings (SSSR count). The second-order valence-corrected chi connectivity index (χ2v) is 3.43. The van der Waals surface area contributed by atoms with Crippen LogP contribution in [0.3, 0.4) is 0 Å². The van der Waals surface area contributed by atoms with Crippen molar-refractivity contribution in [2.45, 2.75) is 20.0 Å². The minimum Gasteiger partial charge on any atom is -0.491 e. The normalized spacial score (nSPS) is 10.6. The summed E-state index contributed by atoms with van der Waals surface area (Å²) in [5, 5.41) is 13.7. The number of tetrazole rings is 1. The standard InChI is InChI=1S/C10H12N4O/c1-7(2)15-9-5-3-4-8(6-9)10-11-13-14-12-10/h3-7H,1-2H3,(H,11,12,13,14). The quantitative estimate of drug-likeness (QED) is 0.825. The summed E-state index contributed by atoms with van der Waals surface area (Å²) in [6.07, 6.45) is 0.158. The van der Waals surface area contributed by atoms with Gasteiger partial charge in [-0.25, -0.2) is 0 Å². The molecule has 78 valence electrons. The number of benzene rings is 1. The van der Waals surface area contributed by atoms with E-state index in [4.69, 9.17) is 4.74 Å². The lowest BCUT2D eigenvalue weighted by atomic mass is 10.2. The summed E-state index contributed by atoms with van der Waals surface area (Å²) in [6.45, 7) is 3.97. The Hall–Kier alpha value is -1.91. The van der Waals surface area contributed by atoms with Gasteiger partial charge in [0.15, 0.2) is 0 Å². The van der Waals surface area contributed by atoms with E-state index >= 15 is 0 Å². The van der Waals surface area contributed by atoms with Crippen LogP contribution in [0.4, 0.5) is 0 Å². The first kappa shape index (κ1) is 9.64. The molecule has 1 heterocycles. The number of nitrogens with zero attached hydrogens (tertiary/aromatic N) is 3. The molecule has 0 aliphatic heterocycles. The topological polar surface area (TPSA) is 63.7 Å². The number of hydrogen-bond donors (Lipinski definition) is 1. The zero-order valence-corrected chi connectivity index (χ0v) is 8.64. The van der Waals surface area contributed by atoms with E-state index in [0.29, 0.717) is 5.82 Å². The van der Waals surface area contributed by atoms with Crippen LogP contribution in [0.25, 0.3) is 11.4 Å². The zero-order chi connectivity index (χ0) is 10.7. The van der Waals surface area contributed by atoms with E-state index in [1.807, 2.05) is 38.1 Å². The maximum atomic E-state index is 5.57. The van der Waals surface area contributed by atoms with E-state index in [2.05, 4.69) is 20.6 Å². The lowest BCUT2D eigenvalue weighted by Gasteiger charge is -2.09. The third kappa shape index (κ3) is 2.31. The van der Waals surface area contributed by atoms with Gasteiger partial charge in [-0.15, -0.1) is 10.2 Å². The van der Waals surface area contributed by atoms with Gasteiger partial charge in [-0.05, 0) is 31.2 Å². The highest BCUT2D eigenvalue weighted by molar-refractivity contribution is 5.56. The van der Waals surface area contributed by atoms with Gasteiger partial charge in [0.05, 0.1) is 6.10 Å². The fourth-order valence-electron chi connectivity index (χ4n) is 1.26. The number of aromatic amines is 1. The summed E-state index contributed by atoms with van der Waals surface area (Å²) in [5.41, 5.74) is 0.891. The number of ether oxygens (including phenoxy) is 1. The van der Waals surface area contributed by atoms with Gasteiger partial charge in [0.1, 0.15) is 5.75 Å². The molecule has 0 fully saturated rings. The number of nitrogens with one attached hydrogen (secondary N) is 1. The van der Waals surface area contributed by atoms with Crippen molar-refractivity contribution in [1.82, 2.24) is 20.6 Å². The average Bonchev–Trinajstić information content (AvgIpc) is 2.69. The van der Waals surface area contributed by atoms with Crippen molar-refractivity contribution in [3.05, 3.63) is 24.3 Å². The fraction of sp³-hybridized carbons (Fsp3) is 0.300. The maximum Gasteiger partial charge on any atom is 0.204 e. The Morgan fingerprint density at radius 1 is 1.33 bits per heavy atom. The Labute approximate surface area is 87.5 Å². The van der Waals surface area contributed by atoms with E-state index < -0.39 is 0 Å². The SMILES string of the molecule is CC(C)Oc1cccc(-c2nn[nH]n2)c1. The van der Waals surface area contributed by atoms with E-state index in [1.54, 1.807) is 0 Å². The first-order valence-electron chi connectivity index (χ1n) is 4.76. The zero-order valence-electron chi connectivity index (χ0n) is 8.64. The smallest absolute Gasteiger partial charge is 0.204 e. The molecule has 1 aromatic carbocycles. The average molecular weight is 204 g/mol. The summed E-state index contributed by atoms with van der Waals surface area (Å²) in [7, 11) is 0. The summed E-state index contributed by atoms with van der Waals surface area (Å²) < 4.78 is 5.57. The minimum atomic E-state index is 0.158. The fourth-order valence-corrected chi connectivity index (χ4v) is 1.26.